The largest absolute Gasteiger partial charge is 0.462 e. The zero-order valence-electron chi connectivity index (χ0n) is 19.9. The summed E-state index contributed by atoms with van der Waals surface area (Å²) in [5.41, 5.74) is 2.65. The summed E-state index contributed by atoms with van der Waals surface area (Å²) >= 11 is 0. The Morgan fingerprint density at radius 1 is 1.08 bits per heavy atom. The molecule has 1 aromatic heterocycles. The molecule has 2 amide bonds. The Balaban J connectivity index is 1.53. The molecule has 0 bridgehead atoms. The first-order valence-electron chi connectivity index (χ1n) is 11.4. The second-order valence-electron chi connectivity index (χ2n) is 7.96. The first-order valence-corrected chi connectivity index (χ1v) is 11.4. The van der Waals surface area contributed by atoms with Crippen LogP contribution < -0.4 is 16.0 Å². The van der Waals surface area contributed by atoms with E-state index in [9.17, 15) is 14.4 Å². The average molecular weight is 487 g/mol. The predicted molar refractivity (Wildman–Crippen MR) is 136 cm³/mol. The van der Waals surface area contributed by atoms with Crippen molar-refractivity contribution in [1.82, 2.24) is 14.9 Å². The van der Waals surface area contributed by atoms with Crippen LogP contribution in [0.15, 0.2) is 83.5 Å². The maximum absolute atomic E-state index is 13.2. The van der Waals surface area contributed by atoms with E-state index in [1.54, 1.807) is 67.5 Å². The number of amidine groups is 1. The number of benzene rings is 2. The number of ether oxygens (including phenoxy) is 1. The quantitative estimate of drug-likeness (QED) is 0.438. The molecule has 3 aromatic rings. The van der Waals surface area contributed by atoms with Crippen LogP contribution >= 0.6 is 0 Å². The van der Waals surface area contributed by atoms with Gasteiger partial charge in [0.25, 0.3) is 5.91 Å². The molecule has 36 heavy (non-hydrogen) atoms. The molecule has 2 heterocycles. The van der Waals surface area contributed by atoms with Crippen LogP contribution in [-0.2, 0) is 20.9 Å². The average Bonchev–Trinajstić information content (AvgIpc) is 3.33. The Morgan fingerprint density at radius 3 is 2.69 bits per heavy atom. The Morgan fingerprint density at radius 2 is 1.92 bits per heavy atom. The number of para-hydroxylation sites is 2. The lowest BCUT2D eigenvalue weighted by molar-refractivity contribution is -0.137. The van der Waals surface area contributed by atoms with E-state index in [0.717, 1.165) is 0 Å². The van der Waals surface area contributed by atoms with Crippen molar-refractivity contribution in [3.63, 3.8) is 0 Å². The molecule has 0 unspecified atom stereocenters. The van der Waals surface area contributed by atoms with Crippen LogP contribution in [0.2, 0.25) is 0 Å². The molecule has 0 fully saturated rings. The summed E-state index contributed by atoms with van der Waals surface area (Å²) in [5, 5.41) is 8.72. The maximum Gasteiger partial charge on any atom is 0.343 e. The zero-order chi connectivity index (χ0) is 25.5. The normalized spacial score (nSPS) is 12.6. The third-order valence-electron chi connectivity index (χ3n) is 5.35. The zero-order valence-corrected chi connectivity index (χ0v) is 19.9. The number of fused-ring (bicyclic) bond motifs is 1. The van der Waals surface area contributed by atoms with Gasteiger partial charge in [-0.1, -0.05) is 18.2 Å². The van der Waals surface area contributed by atoms with Gasteiger partial charge in [0.15, 0.2) is 0 Å². The fraction of sp³-hybridized carbons (Fsp3) is 0.192. The molecule has 1 aliphatic heterocycles. The number of amides is 2. The molecule has 2 aromatic carbocycles. The van der Waals surface area contributed by atoms with Gasteiger partial charge in [0.2, 0.25) is 5.91 Å². The Labute approximate surface area is 208 Å². The highest BCUT2D eigenvalue weighted by molar-refractivity contribution is 6.25. The van der Waals surface area contributed by atoms with Gasteiger partial charge >= 0.3 is 5.97 Å². The molecule has 0 aliphatic carbocycles. The topological polar surface area (TPSA) is 127 Å². The van der Waals surface area contributed by atoms with Crippen molar-refractivity contribution in [1.29, 1.82) is 0 Å². The number of carbonyl (C=O) groups is 3. The monoisotopic (exact) mass is 486 g/mol. The van der Waals surface area contributed by atoms with E-state index < -0.39 is 11.9 Å². The van der Waals surface area contributed by atoms with E-state index in [1.165, 1.54) is 0 Å². The van der Waals surface area contributed by atoms with Gasteiger partial charge in [0.05, 0.1) is 24.3 Å². The minimum Gasteiger partial charge on any atom is -0.462 e. The van der Waals surface area contributed by atoms with Crippen LogP contribution in [0.25, 0.3) is 0 Å². The van der Waals surface area contributed by atoms with Crippen LogP contribution in [-0.4, -0.2) is 39.8 Å². The molecular weight excluding hydrogens is 460 g/mol. The number of carbonyl (C=O) groups excluding carboxylic acids is 3. The number of nitrogens with one attached hydrogen (secondary N) is 3. The SMILES string of the molecule is CCOC(=O)C1=C(C)Nc2ccccc2N=C1NC(=O)c1cccc(NC(=O)CCn2ccnc2)c1. The molecule has 0 spiro atoms. The van der Waals surface area contributed by atoms with Gasteiger partial charge in [0, 0.05) is 42.3 Å². The van der Waals surface area contributed by atoms with E-state index in [2.05, 4.69) is 25.9 Å². The number of hydrogen-bond acceptors (Lipinski definition) is 7. The second-order valence-corrected chi connectivity index (χ2v) is 7.96. The summed E-state index contributed by atoms with van der Waals surface area (Å²) in [4.78, 5) is 46.8. The number of allylic oxidation sites excluding steroid dienone is 1. The molecule has 0 saturated carbocycles. The summed E-state index contributed by atoms with van der Waals surface area (Å²) in [6, 6.07) is 13.8. The lowest BCUT2D eigenvalue weighted by Gasteiger charge is -2.14. The van der Waals surface area contributed by atoms with Gasteiger partial charge < -0.3 is 25.3 Å². The van der Waals surface area contributed by atoms with Crippen LogP contribution in [0.3, 0.4) is 0 Å². The smallest absolute Gasteiger partial charge is 0.343 e. The third kappa shape index (κ3) is 5.84. The van der Waals surface area contributed by atoms with E-state index in [4.69, 9.17) is 4.74 Å². The van der Waals surface area contributed by atoms with E-state index in [-0.39, 0.29) is 35.9 Å². The van der Waals surface area contributed by atoms with E-state index in [1.807, 2.05) is 18.2 Å². The fourth-order valence-electron chi connectivity index (χ4n) is 3.63. The van der Waals surface area contributed by atoms with Crippen molar-refractivity contribution < 1.29 is 19.1 Å². The number of imidazole rings is 1. The first kappa shape index (κ1) is 24.4. The van der Waals surface area contributed by atoms with Crippen molar-refractivity contribution in [2.45, 2.75) is 26.8 Å². The van der Waals surface area contributed by atoms with Crippen LogP contribution in [0, 0.1) is 0 Å². The number of aromatic nitrogens is 2. The molecule has 1 aliphatic rings. The minimum atomic E-state index is -0.603. The van der Waals surface area contributed by atoms with E-state index in [0.29, 0.717) is 29.3 Å². The van der Waals surface area contributed by atoms with Gasteiger partial charge in [-0.2, -0.15) is 0 Å². The standard InChI is InChI=1S/C26H26N6O4/c1-3-36-26(35)23-17(2)28-20-9-4-5-10-21(20)30-24(23)31-25(34)18-7-6-8-19(15-18)29-22(33)11-13-32-14-12-27-16-32/h4-10,12,14-16,28H,3,11,13H2,1-2H3,(H,29,33)(H,30,31,34). The summed E-state index contributed by atoms with van der Waals surface area (Å²) in [6.45, 7) is 4.09. The van der Waals surface area contributed by atoms with E-state index >= 15 is 0 Å². The minimum absolute atomic E-state index is 0.0724. The van der Waals surface area contributed by atoms with Crippen LogP contribution in [0.5, 0.6) is 0 Å². The first-order chi connectivity index (χ1) is 17.4. The third-order valence-corrected chi connectivity index (χ3v) is 5.35. The number of rotatable bonds is 7. The van der Waals surface area contributed by atoms with Gasteiger partial charge in [0.1, 0.15) is 11.4 Å². The lowest BCUT2D eigenvalue weighted by Crippen LogP contribution is -2.35. The molecule has 0 saturated heterocycles. The fourth-order valence-corrected chi connectivity index (χ4v) is 3.63. The highest BCUT2D eigenvalue weighted by atomic mass is 16.5. The molecule has 10 heteroatoms. The van der Waals surface area contributed by atoms with Crippen LogP contribution in [0.4, 0.5) is 17.1 Å². The maximum atomic E-state index is 13.2. The predicted octanol–water partition coefficient (Wildman–Crippen LogP) is 3.63. The van der Waals surface area contributed by atoms with Gasteiger partial charge in [-0.05, 0) is 44.2 Å². The van der Waals surface area contributed by atoms with Crippen molar-refractivity contribution in [3.8, 4) is 0 Å². The number of aliphatic imine (C=N–C) groups is 1. The van der Waals surface area contributed by atoms with Crippen molar-refractivity contribution in [2.24, 2.45) is 4.99 Å². The van der Waals surface area contributed by atoms with Crippen molar-refractivity contribution >= 4 is 40.7 Å². The van der Waals surface area contributed by atoms with Gasteiger partial charge in [-0.3, -0.25) is 9.59 Å². The van der Waals surface area contributed by atoms with Crippen LogP contribution in [0.1, 0.15) is 30.6 Å². The molecule has 4 rings (SSSR count). The molecule has 0 atom stereocenters. The lowest BCUT2D eigenvalue weighted by atomic mass is 10.1. The molecule has 0 radical (unpaired) electrons. The second kappa shape index (κ2) is 11.1. The Hall–Kier alpha value is -4.73. The number of nitrogens with zero attached hydrogens (tertiary/aromatic N) is 3. The van der Waals surface area contributed by atoms with Gasteiger partial charge in [-0.15, -0.1) is 0 Å². The molecule has 184 valence electrons. The number of esters is 1. The Bertz CT molecular complexity index is 1340. The summed E-state index contributed by atoms with van der Waals surface area (Å²) in [5.74, 6) is -1.21. The Kier molecular flexibility index (Phi) is 7.54. The summed E-state index contributed by atoms with van der Waals surface area (Å²) in [7, 11) is 0. The highest BCUT2D eigenvalue weighted by Gasteiger charge is 2.26. The summed E-state index contributed by atoms with van der Waals surface area (Å²) < 4.78 is 7.02. The number of hydrogen-bond donors (Lipinski definition) is 3. The highest BCUT2D eigenvalue weighted by Crippen LogP contribution is 2.30. The number of anilines is 2. The van der Waals surface area contributed by atoms with Crippen molar-refractivity contribution in [2.75, 3.05) is 17.2 Å². The van der Waals surface area contributed by atoms with Crippen molar-refractivity contribution in [3.05, 3.63) is 84.1 Å². The number of aryl methyl sites for hydroxylation is 1. The van der Waals surface area contributed by atoms with Gasteiger partial charge in [-0.25, -0.2) is 14.8 Å². The molecule has 10 nitrogen and oxygen atoms in total. The molecular formula is C26H26N6O4. The molecule has 3 N–H and O–H groups in total. The summed E-state index contributed by atoms with van der Waals surface area (Å²) in [6.07, 6.45) is 5.33.